The summed E-state index contributed by atoms with van der Waals surface area (Å²) in [6.07, 6.45) is 3.69. The van der Waals surface area contributed by atoms with Crippen molar-refractivity contribution in [2.75, 3.05) is 20.6 Å². The maximum Gasteiger partial charge on any atom is 0.115 e. The van der Waals surface area contributed by atoms with E-state index in [1.165, 1.54) is 31.9 Å². The van der Waals surface area contributed by atoms with Crippen molar-refractivity contribution in [1.29, 1.82) is 0 Å². The Kier molecular flexibility index (Phi) is 4.51. The summed E-state index contributed by atoms with van der Waals surface area (Å²) in [5.74, 6) is 0. The van der Waals surface area contributed by atoms with E-state index in [1.54, 1.807) is 21.5 Å². The molecular weight excluding hydrogens is 282 g/mol. The summed E-state index contributed by atoms with van der Waals surface area (Å²) < 4.78 is 0. The van der Waals surface area contributed by atoms with Gasteiger partial charge < -0.3 is 4.90 Å². The van der Waals surface area contributed by atoms with Crippen LogP contribution >= 0.6 is 0 Å². The Hall–Kier alpha value is -1.38. The monoisotopic (exact) mass is 309 g/mol. The van der Waals surface area contributed by atoms with Crippen LogP contribution in [0.15, 0.2) is 48.5 Å². The van der Waals surface area contributed by atoms with Crippen LogP contribution in [0.2, 0.25) is 12.6 Å². The second-order valence-electron chi connectivity index (χ2n) is 7.05. The van der Waals surface area contributed by atoms with Crippen molar-refractivity contribution in [2.45, 2.75) is 31.9 Å². The number of fused-ring (bicyclic) bond motifs is 2. The molecule has 0 amide bonds. The molecule has 0 fully saturated rings. The van der Waals surface area contributed by atoms with Crippen LogP contribution in [0.5, 0.6) is 0 Å². The third kappa shape index (κ3) is 2.90. The first-order valence-corrected chi connectivity index (χ1v) is 11.1. The lowest BCUT2D eigenvalue weighted by atomic mass is 10.0. The number of nitrogens with zero attached hydrogens (tertiary/aromatic N) is 1. The topological polar surface area (TPSA) is 3.24 Å². The fraction of sp³-hybridized carbons (Fsp3) is 0.400. The predicted octanol–water partition coefficient (Wildman–Crippen LogP) is 2.93. The Balaban J connectivity index is 2.05. The molecule has 2 aromatic carbocycles. The third-order valence-electron chi connectivity index (χ3n) is 5.17. The molecule has 0 saturated heterocycles. The quantitative estimate of drug-likeness (QED) is 0.785. The fourth-order valence-corrected chi connectivity index (χ4v) is 8.44. The Morgan fingerprint density at radius 2 is 1.36 bits per heavy atom. The van der Waals surface area contributed by atoms with Gasteiger partial charge in [-0.15, -0.1) is 0 Å². The SMILES string of the molecule is CN(C)CCC[Si]1(C)c2ccccc2CCc2ccccc21. The average Bonchev–Trinajstić information content (AvgIpc) is 2.64. The molecule has 0 unspecified atom stereocenters. The van der Waals surface area contributed by atoms with Gasteiger partial charge in [0.25, 0.3) is 0 Å². The van der Waals surface area contributed by atoms with Crippen molar-refractivity contribution in [2.24, 2.45) is 0 Å². The summed E-state index contributed by atoms with van der Waals surface area (Å²) in [6, 6.07) is 19.8. The van der Waals surface area contributed by atoms with Gasteiger partial charge in [-0.05, 0) is 57.1 Å². The molecule has 1 aliphatic heterocycles. The van der Waals surface area contributed by atoms with Gasteiger partial charge in [0.05, 0.1) is 0 Å². The molecule has 0 atom stereocenters. The molecule has 0 bridgehead atoms. The van der Waals surface area contributed by atoms with Gasteiger partial charge in [0.15, 0.2) is 0 Å². The van der Waals surface area contributed by atoms with E-state index in [2.05, 4.69) is 74.1 Å². The van der Waals surface area contributed by atoms with Gasteiger partial charge >= 0.3 is 0 Å². The highest BCUT2D eigenvalue weighted by molar-refractivity contribution is 7.02. The lowest BCUT2D eigenvalue weighted by Crippen LogP contribution is -2.57. The molecule has 0 aliphatic carbocycles. The minimum absolute atomic E-state index is 1.19. The number of hydrogen-bond donors (Lipinski definition) is 0. The van der Waals surface area contributed by atoms with E-state index in [9.17, 15) is 0 Å². The Bertz CT molecular complexity index is 600. The maximum atomic E-state index is 2.59. The van der Waals surface area contributed by atoms with E-state index in [0.29, 0.717) is 0 Å². The van der Waals surface area contributed by atoms with Crippen LogP contribution in [0, 0.1) is 0 Å². The van der Waals surface area contributed by atoms with Gasteiger partial charge in [0.1, 0.15) is 8.07 Å². The standard InChI is InChI=1S/C20H27NSi/c1-21(2)15-8-16-22(3)19-11-6-4-9-17(19)13-14-18-10-5-7-12-20(18)22/h4-7,9-12H,8,13-16H2,1-3H3. The first kappa shape index (κ1) is 15.5. The van der Waals surface area contributed by atoms with E-state index in [4.69, 9.17) is 0 Å². The molecule has 116 valence electrons. The minimum atomic E-state index is -1.62. The van der Waals surface area contributed by atoms with Gasteiger partial charge in [-0.3, -0.25) is 0 Å². The van der Waals surface area contributed by atoms with Crippen molar-refractivity contribution >= 4 is 18.4 Å². The van der Waals surface area contributed by atoms with E-state index >= 15 is 0 Å². The molecule has 1 aliphatic rings. The van der Waals surface area contributed by atoms with Crippen LogP contribution in [-0.4, -0.2) is 33.6 Å². The lowest BCUT2D eigenvalue weighted by Gasteiger charge is -2.31. The van der Waals surface area contributed by atoms with Crippen LogP contribution in [0.25, 0.3) is 0 Å². The largest absolute Gasteiger partial charge is 0.309 e. The minimum Gasteiger partial charge on any atom is -0.309 e. The molecule has 3 rings (SSSR count). The summed E-state index contributed by atoms with van der Waals surface area (Å²) in [5, 5.41) is 3.36. The molecule has 0 radical (unpaired) electrons. The number of rotatable bonds is 4. The molecule has 2 heteroatoms. The van der Waals surface area contributed by atoms with Crippen molar-refractivity contribution < 1.29 is 0 Å². The Labute approximate surface area is 136 Å². The van der Waals surface area contributed by atoms with Crippen molar-refractivity contribution in [3.63, 3.8) is 0 Å². The number of hydrogen-bond acceptors (Lipinski definition) is 1. The molecular formula is C20H27NSi. The van der Waals surface area contributed by atoms with Crippen molar-refractivity contribution in [1.82, 2.24) is 4.90 Å². The van der Waals surface area contributed by atoms with Crippen molar-refractivity contribution in [3.05, 3.63) is 59.7 Å². The summed E-state index contributed by atoms with van der Waals surface area (Å²) in [7, 11) is 2.74. The second-order valence-corrected chi connectivity index (χ2v) is 11.3. The summed E-state index contributed by atoms with van der Waals surface area (Å²) in [4.78, 5) is 2.31. The maximum absolute atomic E-state index is 2.59. The van der Waals surface area contributed by atoms with Crippen LogP contribution in [0.1, 0.15) is 17.5 Å². The first-order chi connectivity index (χ1) is 10.6. The first-order valence-electron chi connectivity index (χ1n) is 8.43. The predicted molar refractivity (Wildman–Crippen MR) is 99.2 cm³/mol. The highest BCUT2D eigenvalue weighted by Gasteiger charge is 2.36. The Morgan fingerprint density at radius 1 is 0.864 bits per heavy atom. The summed E-state index contributed by atoms with van der Waals surface area (Å²) in [5.41, 5.74) is 3.19. The number of benzene rings is 2. The molecule has 0 spiro atoms. The highest BCUT2D eigenvalue weighted by atomic mass is 28.3. The Morgan fingerprint density at radius 3 is 1.86 bits per heavy atom. The lowest BCUT2D eigenvalue weighted by molar-refractivity contribution is 0.408. The van der Waals surface area contributed by atoms with E-state index in [1.807, 2.05) is 0 Å². The zero-order chi connectivity index (χ0) is 15.6. The van der Waals surface area contributed by atoms with Crippen molar-refractivity contribution in [3.8, 4) is 0 Å². The van der Waals surface area contributed by atoms with E-state index in [-0.39, 0.29) is 0 Å². The van der Waals surface area contributed by atoms with Gasteiger partial charge in [-0.2, -0.15) is 0 Å². The van der Waals surface area contributed by atoms with Gasteiger partial charge in [-0.1, -0.05) is 65.5 Å². The molecule has 22 heavy (non-hydrogen) atoms. The molecule has 0 aromatic heterocycles. The smallest absolute Gasteiger partial charge is 0.115 e. The highest BCUT2D eigenvalue weighted by Crippen LogP contribution is 2.22. The van der Waals surface area contributed by atoms with Crippen LogP contribution in [0.3, 0.4) is 0 Å². The summed E-state index contributed by atoms with van der Waals surface area (Å²) in [6.45, 7) is 3.78. The van der Waals surface area contributed by atoms with Crippen LogP contribution < -0.4 is 10.4 Å². The third-order valence-corrected chi connectivity index (χ3v) is 9.88. The molecule has 0 N–H and O–H groups in total. The van der Waals surface area contributed by atoms with Gasteiger partial charge in [0, 0.05) is 0 Å². The van der Waals surface area contributed by atoms with Gasteiger partial charge in [0.2, 0.25) is 0 Å². The van der Waals surface area contributed by atoms with Gasteiger partial charge in [-0.25, -0.2) is 0 Å². The van der Waals surface area contributed by atoms with Crippen LogP contribution in [0.4, 0.5) is 0 Å². The fourth-order valence-electron chi connectivity index (χ4n) is 3.99. The average molecular weight is 310 g/mol. The van der Waals surface area contributed by atoms with Crippen LogP contribution in [-0.2, 0) is 12.8 Å². The molecule has 1 heterocycles. The molecule has 0 saturated carbocycles. The zero-order valence-corrected chi connectivity index (χ0v) is 15.1. The number of aryl methyl sites for hydroxylation is 2. The zero-order valence-electron chi connectivity index (χ0n) is 14.1. The molecule has 1 nitrogen and oxygen atoms in total. The normalized spacial score (nSPS) is 16.0. The van der Waals surface area contributed by atoms with E-state index in [0.717, 1.165) is 0 Å². The second kappa shape index (κ2) is 6.39. The van der Waals surface area contributed by atoms with E-state index < -0.39 is 8.07 Å². The molecule has 2 aromatic rings. The summed E-state index contributed by atoms with van der Waals surface area (Å²) >= 11 is 0.